The van der Waals surface area contributed by atoms with Gasteiger partial charge in [-0.25, -0.2) is 13.4 Å². The molecule has 1 heterocycles. The third-order valence-electron chi connectivity index (χ3n) is 2.50. The average Bonchev–Trinajstić information content (AvgIpc) is 2.77. The molecule has 0 bridgehead atoms. The Balaban J connectivity index is 2.28. The molecule has 6 heteroatoms. The van der Waals surface area contributed by atoms with Crippen LogP contribution in [0.25, 0.3) is 11.3 Å². The molecule has 2 rings (SSSR count). The second-order valence-electron chi connectivity index (χ2n) is 3.97. The van der Waals surface area contributed by atoms with E-state index in [-0.39, 0.29) is 0 Å². The van der Waals surface area contributed by atoms with Crippen LogP contribution >= 0.6 is 0 Å². The first-order valence-corrected chi connectivity index (χ1v) is 7.23. The van der Waals surface area contributed by atoms with E-state index in [1.807, 2.05) is 0 Å². The van der Waals surface area contributed by atoms with Crippen LogP contribution in [0.2, 0.25) is 0 Å². The lowest BCUT2D eigenvalue weighted by molar-refractivity contribution is 0.178. The van der Waals surface area contributed by atoms with Gasteiger partial charge in [-0.3, -0.25) is 0 Å². The third kappa shape index (κ3) is 2.77. The van der Waals surface area contributed by atoms with E-state index in [4.69, 9.17) is 4.74 Å². The summed E-state index contributed by atoms with van der Waals surface area (Å²) in [5, 5.41) is 0. The summed E-state index contributed by atoms with van der Waals surface area (Å²) in [5.74, 6) is 0.736. The summed E-state index contributed by atoms with van der Waals surface area (Å²) in [6.07, 6.45) is 2.89. The number of imidazole rings is 1. The van der Waals surface area contributed by atoms with Crippen LogP contribution in [0.1, 0.15) is 5.82 Å². The first-order valence-electron chi connectivity index (χ1n) is 5.34. The Morgan fingerprint density at radius 1 is 1.28 bits per heavy atom. The maximum Gasteiger partial charge on any atom is 0.175 e. The lowest BCUT2D eigenvalue weighted by atomic mass is 10.2. The second-order valence-corrected chi connectivity index (χ2v) is 5.99. The van der Waals surface area contributed by atoms with Crippen LogP contribution in [0.3, 0.4) is 0 Å². The molecular weight excluding hydrogens is 252 g/mol. The van der Waals surface area contributed by atoms with Gasteiger partial charge in [-0.1, -0.05) is 12.1 Å². The van der Waals surface area contributed by atoms with E-state index in [0.717, 1.165) is 17.1 Å². The van der Waals surface area contributed by atoms with Gasteiger partial charge >= 0.3 is 0 Å². The number of nitrogens with one attached hydrogen (secondary N) is 1. The third-order valence-corrected chi connectivity index (χ3v) is 3.63. The van der Waals surface area contributed by atoms with Crippen molar-refractivity contribution in [2.45, 2.75) is 11.5 Å². The van der Waals surface area contributed by atoms with Crippen molar-refractivity contribution in [2.75, 3.05) is 13.4 Å². The summed E-state index contributed by atoms with van der Waals surface area (Å²) < 4.78 is 27.6. The minimum atomic E-state index is -3.15. The molecule has 0 atom stereocenters. The Labute approximate surface area is 106 Å². The number of methoxy groups -OCH3 is 1. The zero-order chi connectivity index (χ0) is 13.2. The van der Waals surface area contributed by atoms with Crippen LogP contribution in [0.5, 0.6) is 0 Å². The molecule has 0 fully saturated rings. The lowest BCUT2D eigenvalue weighted by Crippen LogP contribution is -1.96. The molecular formula is C12H14N2O3S. The molecule has 0 unspecified atom stereocenters. The van der Waals surface area contributed by atoms with Gasteiger partial charge in [-0.05, 0) is 17.7 Å². The van der Waals surface area contributed by atoms with Crippen LogP contribution in [0, 0.1) is 0 Å². The fraction of sp³-hybridized carbons (Fsp3) is 0.250. The summed E-state index contributed by atoms with van der Waals surface area (Å²) in [7, 11) is -1.55. The monoisotopic (exact) mass is 266 g/mol. The van der Waals surface area contributed by atoms with Crippen LogP contribution in [-0.4, -0.2) is 31.8 Å². The van der Waals surface area contributed by atoms with Gasteiger partial charge < -0.3 is 9.72 Å². The predicted molar refractivity (Wildman–Crippen MR) is 67.8 cm³/mol. The molecule has 1 aromatic heterocycles. The number of nitrogens with zero attached hydrogens (tertiary/aromatic N) is 1. The molecule has 18 heavy (non-hydrogen) atoms. The van der Waals surface area contributed by atoms with Crippen molar-refractivity contribution in [2.24, 2.45) is 0 Å². The van der Waals surface area contributed by atoms with Crippen molar-refractivity contribution in [3.63, 3.8) is 0 Å². The quantitative estimate of drug-likeness (QED) is 0.913. The minimum absolute atomic E-state index is 0.308. The first-order chi connectivity index (χ1) is 8.50. The summed E-state index contributed by atoms with van der Waals surface area (Å²) in [5.41, 5.74) is 1.72. The number of rotatable bonds is 4. The molecule has 0 aliphatic carbocycles. The number of hydrogen-bond acceptors (Lipinski definition) is 4. The standard InChI is InChI=1S/C12H14N2O3S/c1-17-8-12-13-7-11(14-12)9-3-5-10(6-4-9)18(2,15)16/h3-7H,8H2,1-2H3,(H,13,14). The molecule has 96 valence electrons. The van der Waals surface area contributed by atoms with E-state index in [1.54, 1.807) is 37.6 Å². The van der Waals surface area contributed by atoms with Crippen molar-refractivity contribution < 1.29 is 13.2 Å². The van der Waals surface area contributed by atoms with Gasteiger partial charge in [0.25, 0.3) is 0 Å². The molecule has 5 nitrogen and oxygen atoms in total. The maximum atomic E-state index is 11.3. The highest BCUT2D eigenvalue weighted by Crippen LogP contribution is 2.19. The van der Waals surface area contributed by atoms with Crippen LogP contribution in [-0.2, 0) is 21.2 Å². The zero-order valence-electron chi connectivity index (χ0n) is 10.2. The molecule has 0 spiro atoms. The highest BCUT2D eigenvalue weighted by atomic mass is 32.2. The Morgan fingerprint density at radius 2 is 1.94 bits per heavy atom. The predicted octanol–water partition coefficient (Wildman–Crippen LogP) is 1.63. The molecule has 0 saturated heterocycles. The zero-order valence-corrected chi connectivity index (χ0v) is 11.0. The minimum Gasteiger partial charge on any atom is -0.377 e. The van der Waals surface area contributed by atoms with E-state index in [9.17, 15) is 8.42 Å². The molecule has 2 aromatic rings. The fourth-order valence-electron chi connectivity index (χ4n) is 1.60. The smallest absolute Gasteiger partial charge is 0.175 e. The number of aromatic amines is 1. The van der Waals surface area contributed by atoms with Crippen molar-refractivity contribution in [1.29, 1.82) is 0 Å². The van der Waals surface area contributed by atoms with E-state index in [0.29, 0.717) is 11.5 Å². The first kappa shape index (κ1) is 12.8. The number of benzene rings is 1. The molecule has 0 amide bonds. The van der Waals surface area contributed by atoms with Gasteiger partial charge in [0.2, 0.25) is 0 Å². The maximum absolute atomic E-state index is 11.3. The summed E-state index contributed by atoms with van der Waals surface area (Å²) in [6.45, 7) is 0.418. The number of H-pyrrole nitrogens is 1. The van der Waals surface area contributed by atoms with Gasteiger partial charge in [0.1, 0.15) is 12.4 Å². The number of aromatic nitrogens is 2. The number of hydrogen-bond donors (Lipinski definition) is 1. The van der Waals surface area contributed by atoms with Crippen molar-refractivity contribution >= 4 is 9.84 Å². The summed E-state index contributed by atoms with van der Waals surface area (Å²) >= 11 is 0. The fourth-order valence-corrected chi connectivity index (χ4v) is 2.23. The summed E-state index contributed by atoms with van der Waals surface area (Å²) in [4.78, 5) is 7.57. The van der Waals surface area contributed by atoms with Gasteiger partial charge in [-0.2, -0.15) is 0 Å². The molecule has 0 aliphatic rings. The largest absolute Gasteiger partial charge is 0.377 e. The van der Waals surface area contributed by atoms with Crippen molar-refractivity contribution in [3.05, 3.63) is 36.3 Å². The highest BCUT2D eigenvalue weighted by molar-refractivity contribution is 7.90. The van der Waals surface area contributed by atoms with Crippen LogP contribution in [0.15, 0.2) is 35.4 Å². The SMILES string of the molecule is COCc1ncc(-c2ccc(S(C)(=O)=O)cc2)[nH]1. The van der Waals surface area contributed by atoms with Crippen LogP contribution < -0.4 is 0 Å². The molecule has 1 aromatic carbocycles. The van der Waals surface area contributed by atoms with Crippen LogP contribution in [0.4, 0.5) is 0 Å². The molecule has 1 N–H and O–H groups in total. The Hall–Kier alpha value is -1.66. The van der Waals surface area contributed by atoms with E-state index < -0.39 is 9.84 Å². The van der Waals surface area contributed by atoms with Crippen molar-refractivity contribution in [1.82, 2.24) is 9.97 Å². The Morgan fingerprint density at radius 3 is 2.50 bits per heavy atom. The number of sulfone groups is 1. The molecule has 0 aliphatic heterocycles. The van der Waals surface area contributed by atoms with Gasteiger partial charge in [-0.15, -0.1) is 0 Å². The van der Waals surface area contributed by atoms with E-state index in [2.05, 4.69) is 9.97 Å². The van der Waals surface area contributed by atoms with E-state index in [1.165, 1.54) is 6.26 Å². The Bertz CT molecular complexity index is 630. The lowest BCUT2D eigenvalue weighted by Gasteiger charge is -2.00. The second kappa shape index (κ2) is 4.91. The summed E-state index contributed by atoms with van der Waals surface area (Å²) in [6, 6.07) is 6.67. The molecule has 0 radical (unpaired) electrons. The topological polar surface area (TPSA) is 72.0 Å². The van der Waals surface area contributed by atoms with E-state index >= 15 is 0 Å². The molecule has 0 saturated carbocycles. The number of ether oxygens (including phenoxy) is 1. The van der Waals surface area contributed by atoms with Crippen molar-refractivity contribution in [3.8, 4) is 11.3 Å². The van der Waals surface area contributed by atoms with Gasteiger partial charge in [0, 0.05) is 13.4 Å². The Kier molecular flexibility index (Phi) is 3.49. The highest BCUT2D eigenvalue weighted by Gasteiger charge is 2.08. The van der Waals surface area contributed by atoms with Gasteiger partial charge in [0.05, 0.1) is 16.8 Å². The normalized spacial score (nSPS) is 11.7. The average molecular weight is 266 g/mol. The van der Waals surface area contributed by atoms with Gasteiger partial charge in [0.15, 0.2) is 9.84 Å².